The summed E-state index contributed by atoms with van der Waals surface area (Å²) >= 11 is 0. The van der Waals surface area contributed by atoms with Gasteiger partial charge in [0.15, 0.2) is 11.6 Å². The molecule has 0 radical (unpaired) electrons. The van der Waals surface area contributed by atoms with Crippen LogP contribution < -0.4 is 20.5 Å². The predicted octanol–water partition coefficient (Wildman–Crippen LogP) is 4.20. The Balaban J connectivity index is 1.81. The van der Waals surface area contributed by atoms with Gasteiger partial charge in [-0.25, -0.2) is 23.0 Å². The minimum absolute atomic E-state index is 0.0921. The monoisotopic (exact) mass is 550 g/mol. The number of benzene rings is 2. The Morgan fingerprint density at radius 2 is 1.76 bits per heavy atom. The summed E-state index contributed by atoms with van der Waals surface area (Å²) in [5.41, 5.74) is 1.78. The Morgan fingerprint density at radius 1 is 1.11 bits per heavy atom. The van der Waals surface area contributed by atoms with Gasteiger partial charge in [-0.3, -0.25) is 14.6 Å². The number of piperazine rings is 1. The van der Waals surface area contributed by atoms with Crippen molar-refractivity contribution in [1.82, 2.24) is 4.90 Å². The van der Waals surface area contributed by atoms with Gasteiger partial charge in [-0.2, -0.15) is 0 Å². The molecule has 1 aliphatic rings. The third-order valence-electron chi connectivity index (χ3n) is 6.64. The molecule has 1 fully saturated rings. The number of nitrogens with zero attached hydrogens (tertiary/aromatic N) is 3. The third kappa shape index (κ3) is 7.42. The van der Waals surface area contributed by atoms with Gasteiger partial charge in [0.05, 0.1) is 23.7 Å². The van der Waals surface area contributed by atoms with Gasteiger partial charge >= 0.3 is 0 Å². The van der Waals surface area contributed by atoms with Gasteiger partial charge in [0.1, 0.15) is 5.69 Å². The Bertz CT molecular complexity index is 1240. The van der Waals surface area contributed by atoms with Gasteiger partial charge in [0.25, 0.3) is 0 Å². The SMILES string of the molecule is CCc1cc(C(=N)CN(N)c2c(F)ccc(NS(=O)(=O)CC(C)C)c2F)cc(N2CCN(C(C)C)CC2)c1. The molecule has 0 saturated carbocycles. The molecule has 4 N–H and O–H groups in total. The lowest BCUT2D eigenvalue weighted by Crippen LogP contribution is -2.49. The third-order valence-corrected chi connectivity index (χ3v) is 8.28. The minimum Gasteiger partial charge on any atom is -0.369 e. The van der Waals surface area contributed by atoms with Crippen LogP contribution in [0, 0.1) is 23.0 Å². The molecule has 0 unspecified atom stereocenters. The van der Waals surface area contributed by atoms with E-state index in [2.05, 4.69) is 34.4 Å². The maximum Gasteiger partial charge on any atom is 0.233 e. The van der Waals surface area contributed by atoms with E-state index in [0.717, 1.165) is 61.0 Å². The van der Waals surface area contributed by atoms with Crippen molar-refractivity contribution in [3.8, 4) is 0 Å². The number of aryl methyl sites for hydroxylation is 1. The molecule has 3 rings (SSSR count). The smallest absolute Gasteiger partial charge is 0.233 e. The highest BCUT2D eigenvalue weighted by molar-refractivity contribution is 7.92. The second-order valence-corrected chi connectivity index (χ2v) is 12.3. The van der Waals surface area contributed by atoms with Gasteiger partial charge in [-0.1, -0.05) is 20.8 Å². The van der Waals surface area contributed by atoms with E-state index >= 15 is 4.39 Å². The highest BCUT2D eigenvalue weighted by atomic mass is 32.2. The molecule has 38 heavy (non-hydrogen) atoms. The van der Waals surface area contributed by atoms with Crippen molar-refractivity contribution in [2.24, 2.45) is 11.8 Å². The molecule has 2 aromatic carbocycles. The van der Waals surface area contributed by atoms with E-state index in [0.29, 0.717) is 11.6 Å². The normalized spacial score (nSPS) is 14.8. The van der Waals surface area contributed by atoms with E-state index in [1.165, 1.54) is 0 Å². The molecule has 0 bridgehead atoms. The first-order chi connectivity index (χ1) is 17.8. The van der Waals surface area contributed by atoms with Crippen molar-refractivity contribution < 1.29 is 17.2 Å². The van der Waals surface area contributed by atoms with Crippen LogP contribution in [0.2, 0.25) is 0 Å². The second-order valence-electron chi connectivity index (χ2n) is 10.5. The number of hydrazine groups is 1. The summed E-state index contributed by atoms with van der Waals surface area (Å²) in [6, 6.07) is 8.41. The van der Waals surface area contributed by atoms with Crippen molar-refractivity contribution in [2.75, 3.05) is 53.1 Å². The van der Waals surface area contributed by atoms with E-state index in [1.807, 2.05) is 19.1 Å². The molecule has 8 nitrogen and oxygen atoms in total. The number of hydrogen-bond acceptors (Lipinski definition) is 7. The van der Waals surface area contributed by atoms with Crippen LogP contribution in [0.1, 0.15) is 45.7 Å². The molecule has 1 heterocycles. The standard InChI is InChI=1S/C27H40F2N6O2S/c1-6-20-13-21(15-22(14-20)34-11-9-33(10-12-34)19(4)5)24(30)16-35(31)27-23(28)7-8-25(26(27)29)32-38(36,37)17-18(2)3/h7-8,13-15,18-19,30,32H,6,9-12,16-17,31H2,1-5H3. The van der Waals surface area contributed by atoms with Gasteiger partial charge in [-0.05, 0) is 67.6 Å². The van der Waals surface area contributed by atoms with Gasteiger partial charge in [-0.15, -0.1) is 0 Å². The summed E-state index contributed by atoms with van der Waals surface area (Å²) in [5, 5.41) is 9.50. The molecule has 0 aromatic heterocycles. The van der Waals surface area contributed by atoms with Gasteiger partial charge in [0, 0.05) is 37.9 Å². The van der Waals surface area contributed by atoms with Crippen molar-refractivity contribution >= 4 is 32.8 Å². The van der Waals surface area contributed by atoms with Crippen LogP contribution in [0.25, 0.3) is 0 Å². The van der Waals surface area contributed by atoms with Crippen LogP contribution in [-0.4, -0.2) is 63.5 Å². The fourth-order valence-electron chi connectivity index (χ4n) is 4.60. The Labute approximate surface area is 225 Å². The van der Waals surface area contributed by atoms with Crippen molar-refractivity contribution in [1.29, 1.82) is 5.41 Å². The average Bonchev–Trinajstić information content (AvgIpc) is 2.84. The van der Waals surface area contributed by atoms with Gasteiger partial charge in [0.2, 0.25) is 10.0 Å². The van der Waals surface area contributed by atoms with Gasteiger partial charge < -0.3 is 10.3 Å². The molecular formula is C27H40F2N6O2S. The quantitative estimate of drug-likeness (QED) is 0.220. The molecular weight excluding hydrogens is 510 g/mol. The van der Waals surface area contributed by atoms with E-state index in [9.17, 15) is 12.8 Å². The Kier molecular flexibility index (Phi) is 9.72. The lowest BCUT2D eigenvalue weighted by Gasteiger charge is -2.38. The van der Waals surface area contributed by atoms with Crippen LogP contribution in [0.5, 0.6) is 0 Å². The summed E-state index contributed by atoms with van der Waals surface area (Å²) in [6.45, 7) is 13.2. The zero-order valence-electron chi connectivity index (χ0n) is 22.9. The molecule has 0 aliphatic carbocycles. The van der Waals surface area contributed by atoms with Crippen molar-refractivity contribution in [3.63, 3.8) is 0 Å². The Hall–Kier alpha value is -2.76. The number of nitrogens with one attached hydrogen (secondary N) is 2. The first-order valence-electron chi connectivity index (χ1n) is 13.0. The average molecular weight is 551 g/mol. The van der Waals surface area contributed by atoms with Crippen molar-refractivity contribution in [3.05, 3.63) is 53.1 Å². The largest absolute Gasteiger partial charge is 0.369 e. The summed E-state index contributed by atoms with van der Waals surface area (Å²) < 4.78 is 56.7. The number of halogens is 2. The molecule has 2 aromatic rings. The highest BCUT2D eigenvalue weighted by Gasteiger charge is 2.24. The van der Waals surface area contributed by atoms with Crippen molar-refractivity contribution in [2.45, 2.75) is 47.1 Å². The Morgan fingerprint density at radius 3 is 2.34 bits per heavy atom. The zero-order valence-corrected chi connectivity index (χ0v) is 23.7. The molecule has 0 atom stereocenters. The van der Waals surface area contributed by atoms with Crippen LogP contribution in [0.4, 0.5) is 25.8 Å². The second kappa shape index (κ2) is 12.4. The van der Waals surface area contributed by atoms with Crippen LogP contribution in [0.3, 0.4) is 0 Å². The lowest BCUT2D eigenvalue weighted by atomic mass is 10.0. The maximum absolute atomic E-state index is 15.2. The zero-order chi connectivity index (χ0) is 28.2. The van der Waals surface area contributed by atoms with E-state index < -0.39 is 27.3 Å². The molecule has 0 amide bonds. The first kappa shape index (κ1) is 29.8. The number of hydrogen-bond donors (Lipinski definition) is 3. The fraction of sp³-hybridized carbons (Fsp3) is 0.519. The summed E-state index contributed by atoms with van der Waals surface area (Å²) in [4.78, 5) is 4.72. The summed E-state index contributed by atoms with van der Waals surface area (Å²) in [5.74, 6) is 3.60. The predicted molar refractivity (Wildman–Crippen MR) is 152 cm³/mol. The molecule has 0 spiro atoms. The minimum atomic E-state index is -3.83. The van der Waals surface area contributed by atoms with Crippen LogP contribution in [0.15, 0.2) is 30.3 Å². The van der Waals surface area contributed by atoms with E-state index in [-0.39, 0.29) is 29.6 Å². The summed E-state index contributed by atoms with van der Waals surface area (Å²) in [6.07, 6.45) is 0.772. The molecule has 1 aliphatic heterocycles. The molecule has 210 valence electrons. The number of rotatable bonds is 11. The number of sulfonamides is 1. The first-order valence-corrected chi connectivity index (χ1v) is 14.7. The van der Waals surface area contributed by atoms with E-state index in [1.54, 1.807) is 13.8 Å². The fourth-order valence-corrected chi connectivity index (χ4v) is 6.06. The topological polar surface area (TPSA) is 106 Å². The van der Waals surface area contributed by atoms with Crippen LogP contribution in [-0.2, 0) is 16.4 Å². The summed E-state index contributed by atoms with van der Waals surface area (Å²) in [7, 11) is -3.83. The van der Waals surface area contributed by atoms with Crippen LogP contribution >= 0.6 is 0 Å². The number of nitrogens with two attached hydrogens (primary N) is 1. The number of anilines is 3. The molecule has 1 saturated heterocycles. The van der Waals surface area contributed by atoms with E-state index in [4.69, 9.17) is 11.3 Å². The maximum atomic E-state index is 15.2. The molecule has 11 heteroatoms. The highest BCUT2D eigenvalue weighted by Crippen LogP contribution is 2.29. The lowest BCUT2D eigenvalue weighted by molar-refractivity contribution is 0.209.